The van der Waals surface area contributed by atoms with Gasteiger partial charge in [-0.1, -0.05) is 68.6 Å². The zero-order valence-corrected chi connectivity index (χ0v) is 17.6. The lowest BCUT2D eigenvalue weighted by Gasteiger charge is -2.22. The van der Waals surface area contributed by atoms with Gasteiger partial charge < -0.3 is 0 Å². The van der Waals surface area contributed by atoms with Gasteiger partial charge in [0.1, 0.15) is 10.7 Å². The molecule has 1 aliphatic heterocycles. The van der Waals surface area contributed by atoms with E-state index < -0.39 is 0 Å². The van der Waals surface area contributed by atoms with Crippen LogP contribution in [0, 0.1) is 0 Å². The molecule has 0 fully saturated rings. The van der Waals surface area contributed by atoms with Gasteiger partial charge in [-0.25, -0.2) is 5.01 Å². The summed E-state index contributed by atoms with van der Waals surface area (Å²) < 4.78 is 0. The van der Waals surface area contributed by atoms with Crippen LogP contribution in [-0.2, 0) is 16.0 Å². The summed E-state index contributed by atoms with van der Waals surface area (Å²) in [5.41, 5.74) is 0.973. The third kappa shape index (κ3) is 6.19. The van der Waals surface area contributed by atoms with Crippen LogP contribution in [0.2, 0.25) is 0 Å². The number of benzene rings is 1. The Kier molecular flexibility index (Phi) is 7.86. The number of carbonyl (C=O) groups is 2. The van der Waals surface area contributed by atoms with Crippen molar-refractivity contribution >= 4 is 39.7 Å². The predicted octanol–water partition coefficient (Wildman–Crippen LogP) is 4.56. The molecule has 2 aromatic rings. The van der Waals surface area contributed by atoms with E-state index in [1.807, 2.05) is 18.2 Å². The zero-order chi connectivity index (χ0) is 20.5. The van der Waals surface area contributed by atoms with E-state index in [1.165, 1.54) is 48.4 Å². The standard InChI is InChI=1S/C21H27N5O2S/c1-2-3-4-5-6-10-13-18-23-24-21(29-18)22-20(28)17-14-15-19(27)26(25-17)16-11-8-7-9-12-16/h7-9,11-12H,2-6,10,13-15H2,1H3,(H,22,24,28). The number of anilines is 2. The molecule has 154 valence electrons. The van der Waals surface area contributed by atoms with Crippen molar-refractivity contribution in [1.29, 1.82) is 0 Å². The number of hydrazone groups is 1. The molecule has 0 spiro atoms. The molecule has 0 aliphatic carbocycles. The summed E-state index contributed by atoms with van der Waals surface area (Å²) in [6.07, 6.45) is 8.84. The van der Waals surface area contributed by atoms with Gasteiger partial charge in [-0.05, 0) is 18.6 Å². The monoisotopic (exact) mass is 413 g/mol. The highest BCUT2D eigenvalue weighted by atomic mass is 32.1. The molecule has 8 heteroatoms. The quantitative estimate of drug-likeness (QED) is 0.578. The number of hydrogen-bond acceptors (Lipinski definition) is 6. The third-order valence-corrected chi connectivity index (χ3v) is 5.63. The van der Waals surface area contributed by atoms with Gasteiger partial charge in [0.2, 0.25) is 11.0 Å². The second-order valence-electron chi connectivity index (χ2n) is 7.06. The molecule has 0 radical (unpaired) electrons. The topological polar surface area (TPSA) is 87.6 Å². The molecule has 1 aromatic carbocycles. The van der Waals surface area contributed by atoms with Gasteiger partial charge in [-0.2, -0.15) is 5.10 Å². The number of aryl methyl sites for hydroxylation is 1. The van der Waals surface area contributed by atoms with Gasteiger partial charge in [0.25, 0.3) is 5.91 Å². The fourth-order valence-electron chi connectivity index (χ4n) is 3.12. The number of hydrogen-bond donors (Lipinski definition) is 1. The third-order valence-electron chi connectivity index (χ3n) is 4.73. The maximum Gasteiger partial charge on any atom is 0.273 e. The highest BCUT2D eigenvalue weighted by Crippen LogP contribution is 2.21. The highest BCUT2D eigenvalue weighted by molar-refractivity contribution is 7.15. The fraction of sp³-hybridized carbons (Fsp3) is 0.476. The minimum Gasteiger partial charge on any atom is -0.295 e. The summed E-state index contributed by atoms with van der Waals surface area (Å²) in [5.74, 6) is -0.453. The number of carbonyl (C=O) groups excluding carboxylic acids is 2. The number of unbranched alkanes of at least 4 members (excludes halogenated alkanes) is 5. The van der Waals surface area contributed by atoms with Crippen LogP contribution in [0.3, 0.4) is 0 Å². The summed E-state index contributed by atoms with van der Waals surface area (Å²) >= 11 is 1.40. The lowest BCUT2D eigenvalue weighted by atomic mass is 10.1. The first-order valence-electron chi connectivity index (χ1n) is 10.3. The Labute approximate surface area is 175 Å². The van der Waals surface area contributed by atoms with Gasteiger partial charge in [-0.3, -0.25) is 14.9 Å². The number of rotatable bonds is 10. The first-order valence-corrected chi connectivity index (χ1v) is 11.1. The van der Waals surface area contributed by atoms with Crippen LogP contribution in [0.1, 0.15) is 63.3 Å². The van der Waals surface area contributed by atoms with Crippen molar-refractivity contribution in [2.75, 3.05) is 10.3 Å². The summed E-state index contributed by atoms with van der Waals surface area (Å²) in [6.45, 7) is 2.22. The number of nitrogens with zero attached hydrogens (tertiary/aromatic N) is 4. The van der Waals surface area contributed by atoms with E-state index in [2.05, 4.69) is 27.5 Å². The van der Waals surface area contributed by atoms with Gasteiger partial charge in [0, 0.05) is 19.3 Å². The lowest BCUT2D eigenvalue weighted by molar-refractivity contribution is -0.118. The van der Waals surface area contributed by atoms with E-state index in [-0.39, 0.29) is 18.2 Å². The van der Waals surface area contributed by atoms with E-state index >= 15 is 0 Å². The van der Waals surface area contributed by atoms with Crippen LogP contribution >= 0.6 is 11.3 Å². The zero-order valence-electron chi connectivity index (χ0n) is 16.8. The average molecular weight is 414 g/mol. The lowest BCUT2D eigenvalue weighted by Crippen LogP contribution is -2.36. The molecule has 7 nitrogen and oxygen atoms in total. The number of aromatic nitrogens is 2. The van der Waals surface area contributed by atoms with Crippen molar-refractivity contribution in [2.24, 2.45) is 5.10 Å². The maximum atomic E-state index is 12.6. The second kappa shape index (κ2) is 10.8. The van der Waals surface area contributed by atoms with E-state index in [9.17, 15) is 9.59 Å². The van der Waals surface area contributed by atoms with Crippen LogP contribution in [0.15, 0.2) is 35.4 Å². The largest absolute Gasteiger partial charge is 0.295 e. The number of para-hydroxylation sites is 1. The molecule has 1 aromatic heterocycles. The van der Waals surface area contributed by atoms with Gasteiger partial charge in [-0.15, -0.1) is 10.2 Å². The molecule has 29 heavy (non-hydrogen) atoms. The van der Waals surface area contributed by atoms with Crippen LogP contribution in [0.25, 0.3) is 0 Å². The van der Waals surface area contributed by atoms with Crippen LogP contribution in [0.5, 0.6) is 0 Å². The first kappa shape index (κ1) is 21.1. The molecule has 0 saturated carbocycles. The Balaban J connectivity index is 1.53. The number of amides is 2. The maximum absolute atomic E-state index is 12.6. The summed E-state index contributed by atoms with van der Waals surface area (Å²) in [6, 6.07) is 9.12. The molecule has 2 amide bonds. The highest BCUT2D eigenvalue weighted by Gasteiger charge is 2.26. The molecule has 1 aliphatic rings. The van der Waals surface area contributed by atoms with Crippen LogP contribution in [-0.4, -0.2) is 27.7 Å². The van der Waals surface area contributed by atoms with E-state index in [4.69, 9.17) is 0 Å². The van der Waals surface area contributed by atoms with Gasteiger partial charge in [0.15, 0.2) is 0 Å². The summed E-state index contributed by atoms with van der Waals surface area (Å²) in [4.78, 5) is 24.8. The van der Waals surface area contributed by atoms with Gasteiger partial charge >= 0.3 is 0 Å². The Morgan fingerprint density at radius 1 is 1.07 bits per heavy atom. The minimum absolute atomic E-state index is 0.120. The van der Waals surface area contributed by atoms with E-state index in [1.54, 1.807) is 12.1 Å². The summed E-state index contributed by atoms with van der Waals surface area (Å²) in [7, 11) is 0. The van der Waals surface area contributed by atoms with E-state index in [0.717, 1.165) is 17.8 Å². The number of nitrogens with one attached hydrogen (secondary N) is 1. The average Bonchev–Trinajstić information content (AvgIpc) is 3.18. The van der Waals surface area contributed by atoms with Crippen molar-refractivity contribution in [1.82, 2.24) is 10.2 Å². The van der Waals surface area contributed by atoms with Crippen molar-refractivity contribution in [3.05, 3.63) is 35.3 Å². The Morgan fingerprint density at radius 3 is 2.62 bits per heavy atom. The molecular formula is C21H27N5O2S. The SMILES string of the molecule is CCCCCCCCc1nnc(NC(=O)C2=NN(c3ccccc3)C(=O)CC2)s1. The van der Waals surface area contributed by atoms with Crippen molar-refractivity contribution in [2.45, 2.75) is 64.7 Å². The molecule has 1 N–H and O–H groups in total. The second-order valence-corrected chi connectivity index (χ2v) is 8.12. The molecule has 2 heterocycles. The molecular weight excluding hydrogens is 386 g/mol. The fourth-order valence-corrected chi connectivity index (χ4v) is 3.90. The van der Waals surface area contributed by atoms with Crippen LogP contribution in [0.4, 0.5) is 10.8 Å². The Hall–Kier alpha value is -2.61. The minimum atomic E-state index is -0.333. The van der Waals surface area contributed by atoms with Crippen molar-refractivity contribution in [3.63, 3.8) is 0 Å². The van der Waals surface area contributed by atoms with Crippen molar-refractivity contribution < 1.29 is 9.59 Å². The molecule has 0 unspecified atom stereocenters. The van der Waals surface area contributed by atoms with Crippen LogP contribution < -0.4 is 10.3 Å². The van der Waals surface area contributed by atoms with E-state index in [0.29, 0.717) is 23.0 Å². The first-order chi connectivity index (χ1) is 14.2. The van der Waals surface area contributed by atoms with Gasteiger partial charge in [0.05, 0.1) is 5.69 Å². The Morgan fingerprint density at radius 2 is 1.83 bits per heavy atom. The normalized spacial score (nSPS) is 14.0. The predicted molar refractivity (Wildman–Crippen MR) is 116 cm³/mol. The molecule has 0 atom stereocenters. The summed E-state index contributed by atoms with van der Waals surface area (Å²) in [5, 5.41) is 18.0. The molecule has 3 rings (SSSR count). The molecule has 0 saturated heterocycles. The van der Waals surface area contributed by atoms with Crippen molar-refractivity contribution in [3.8, 4) is 0 Å². The smallest absolute Gasteiger partial charge is 0.273 e. The Bertz CT molecular complexity index is 850. The molecule has 0 bridgehead atoms.